The van der Waals surface area contributed by atoms with Crippen LogP contribution in [-0.4, -0.2) is 74.5 Å². The van der Waals surface area contributed by atoms with Crippen molar-refractivity contribution in [1.82, 2.24) is 24.0 Å². The van der Waals surface area contributed by atoms with Crippen molar-refractivity contribution in [3.05, 3.63) is 50.2 Å². The quantitative estimate of drug-likeness (QED) is 0.498. The number of fused-ring (bicyclic) bond motifs is 1. The molecular formula is C25H36N6O4. The number of nitrogens with one attached hydrogen (secondary N) is 1. The van der Waals surface area contributed by atoms with Crippen molar-refractivity contribution >= 4 is 17.1 Å². The molecule has 1 aliphatic rings. The third-order valence-electron chi connectivity index (χ3n) is 6.70. The van der Waals surface area contributed by atoms with Crippen LogP contribution in [0.4, 0.5) is 5.95 Å². The van der Waals surface area contributed by atoms with Crippen molar-refractivity contribution in [3.8, 4) is 5.75 Å². The Hall–Kier alpha value is -3.11. The third kappa shape index (κ3) is 5.13. The lowest BCUT2D eigenvalue weighted by molar-refractivity contribution is 0.0929. The summed E-state index contributed by atoms with van der Waals surface area (Å²) in [5.74, 6) is 1.62. The number of anilines is 1. The Kier molecular flexibility index (Phi) is 7.32. The maximum absolute atomic E-state index is 12.8. The van der Waals surface area contributed by atoms with Gasteiger partial charge < -0.3 is 24.2 Å². The average Bonchev–Trinajstić information content (AvgIpc) is 3.21. The molecule has 0 spiro atoms. The SMILES string of the molecule is CCN1CCN(c2nc3c(c(=O)[nH]c(=O)n3C)n2C[C@@H](O)COc2cc(C)ccc2C(C)C)CC1. The number of benzene rings is 1. The van der Waals surface area contributed by atoms with Gasteiger partial charge in [-0.05, 0) is 36.6 Å². The summed E-state index contributed by atoms with van der Waals surface area (Å²) in [4.78, 5) is 36.5. The summed E-state index contributed by atoms with van der Waals surface area (Å²) in [5, 5.41) is 11.0. The molecule has 0 aliphatic carbocycles. The molecule has 1 aromatic carbocycles. The molecule has 1 aliphatic heterocycles. The van der Waals surface area contributed by atoms with Gasteiger partial charge in [0.25, 0.3) is 5.56 Å². The standard InChI is InChI=1S/C25H36N6O4/c1-6-29-9-11-30(12-10-29)24-26-22-21(23(33)27-25(34)28(22)5)31(24)14-18(32)15-35-20-13-17(4)7-8-19(20)16(2)3/h7-8,13,16,18,32H,6,9-12,14-15H2,1-5H3,(H,27,33,34)/t18-/m1/s1. The van der Waals surface area contributed by atoms with E-state index < -0.39 is 17.4 Å². The van der Waals surface area contributed by atoms with Gasteiger partial charge in [-0.3, -0.25) is 14.3 Å². The van der Waals surface area contributed by atoms with Crippen molar-refractivity contribution in [2.24, 2.45) is 7.05 Å². The minimum absolute atomic E-state index is 0.0650. The number of aryl methyl sites for hydroxylation is 2. The van der Waals surface area contributed by atoms with Crippen LogP contribution in [0.5, 0.6) is 5.75 Å². The Balaban J connectivity index is 1.64. The van der Waals surface area contributed by atoms with Crippen LogP contribution in [0.25, 0.3) is 11.2 Å². The van der Waals surface area contributed by atoms with E-state index in [9.17, 15) is 14.7 Å². The van der Waals surface area contributed by atoms with E-state index >= 15 is 0 Å². The zero-order valence-corrected chi connectivity index (χ0v) is 21.2. The first-order valence-electron chi connectivity index (χ1n) is 12.3. The van der Waals surface area contributed by atoms with Crippen molar-refractivity contribution in [1.29, 1.82) is 0 Å². The molecule has 2 N–H and O–H groups in total. The van der Waals surface area contributed by atoms with Crippen molar-refractivity contribution in [2.45, 2.75) is 46.3 Å². The summed E-state index contributed by atoms with van der Waals surface area (Å²) < 4.78 is 9.11. The first-order valence-corrected chi connectivity index (χ1v) is 12.3. The number of imidazole rings is 1. The Morgan fingerprint density at radius 1 is 1.17 bits per heavy atom. The van der Waals surface area contributed by atoms with Crippen LogP contribution < -0.4 is 20.9 Å². The van der Waals surface area contributed by atoms with Crippen LogP contribution in [0.15, 0.2) is 27.8 Å². The van der Waals surface area contributed by atoms with Gasteiger partial charge in [0.2, 0.25) is 5.95 Å². The molecule has 4 rings (SSSR count). The van der Waals surface area contributed by atoms with Crippen LogP contribution >= 0.6 is 0 Å². The second-order valence-corrected chi connectivity index (χ2v) is 9.60. The molecule has 10 heteroatoms. The Morgan fingerprint density at radius 3 is 2.54 bits per heavy atom. The van der Waals surface area contributed by atoms with Crippen LogP contribution in [0.1, 0.15) is 37.8 Å². The first-order chi connectivity index (χ1) is 16.7. The van der Waals surface area contributed by atoms with Crippen LogP contribution in [0, 0.1) is 6.92 Å². The molecule has 2 aromatic heterocycles. The number of aromatic nitrogens is 4. The van der Waals surface area contributed by atoms with Gasteiger partial charge in [-0.1, -0.05) is 32.9 Å². The van der Waals surface area contributed by atoms with Gasteiger partial charge in [0.05, 0.1) is 6.54 Å². The maximum atomic E-state index is 12.8. The molecular weight excluding hydrogens is 448 g/mol. The fourth-order valence-electron chi connectivity index (χ4n) is 4.59. The highest BCUT2D eigenvalue weighted by atomic mass is 16.5. The summed E-state index contributed by atoms with van der Waals surface area (Å²) >= 11 is 0. The predicted octanol–water partition coefficient (Wildman–Crippen LogP) is 1.44. The molecule has 1 atom stereocenters. The molecule has 190 valence electrons. The molecule has 0 bridgehead atoms. The Morgan fingerprint density at radius 2 is 1.89 bits per heavy atom. The number of hydrogen-bond acceptors (Lipinski definition) is 7. The lowest BCUT2D eigenvalue weighted by Gasteiger charge is -2.35. The molecule has 3 aromatic rings. The van der Waals surface area contributed by atoms with E-state index in [1.807, 2.05) is 13.0 Å². The van der Waals surface area contributed by atoms with Crippen molar-refractivity contribution in [3.63, 3.8) is 0 Å². The number of hydrogen-bond donors (Lipinski definition) is 2. The summed E-state index contributed by atoms with van der Waals surface area (Å²) in [6.07, 6.45) is -0.889. The largest absolute Gasteiger partial charge is 0.491 e. The van der Waals surface area contributed by atoms with Gasteiger partial charge in [0.15, 0.2) is 11.2 Å². The number of likely N-dealkylation sites (N-methyl/N-ethyl adjacent to an activating group) is 1. The minimum Gasteiger partial charge on any atom is -0.491 e. The molecule has 35 heavy (non-hydrogen) atoms. The number of nitrogens with zero attached hydrogens (tertiary/aromatic N) is 5. The van der Waals surface area contributed by atoms with E-state index in [0.29, 0.717) is 11.6 Å². The molecule has 1 fully saturated rings. The number of aliphatic hydroxyl groups excluding tert-OH is 1. The highest BCUT2D eigenvalue weighted by Gasteiger charge is 2.26. The number of aliphatic hydroxyl groups is 1. The second kappa shape index (κ2) is 10.2. The van der Waals surface area contributed by atoms with Gasteiger partial charge in [0, 0.05) is 33.2 Å². The molecule has 0 unspecified atom stereocenters. The molecule has 3 heterocycles. The van der Waals surface area contributed by atoms with E-state index in [4.69, 9.17) is 9.72 Å². The number of H-pyrrole nitrogens is 1. The topological polar surface area (TPSA) is 109 Å². The van der Waals surface area contributed by atoms with E-state index in [1.165, 1.54) is 4.57 Å². The highest BCUT2D eigenvalue weighted by Crippen LogP contribution is 2.28. The van der Waals surface area contributed by atoms with Gasteiger partial charge in [-0.25, -0.2) is 4.79 Å². The van der Waals surface area contributed by atoms with Gasteiger partial charge in [0.1, 0.15) is 18.5 Å². The maximum Gasteiger partial charge on any atom is 0.329 e. The number of aromatic amines is 1. The lowest BCUT2D eigenvalue weighted by Crippen LogP contribution is -2.47. The van der Waals surface area contributed by atoms with Crippen molar-refractivity contribution < 1.29 is 9.84 Å². The molecule has 0 saturated carbocycles. The monoisotopic (exact) mass is 484 g/mol. The smallest absolute Gasteiger partial charge is 0.329 e. The van der Waals surface area contributed by atoms with Gasteiger partial charge >= 0.3 is 5.69 Å². The molecule has 0 radical (unpaired) electrons. The van der Waals surface area contributed by atoms with E-state index in [1.54, 1.807) is 11.6 Å². The summed E-state index contributed by atoms with van der Waals surface area (Å²) in [6, 6.07) is 6.09. The van der Waals surface area contributed by atoms with Gasteiger partial charge in [-0.2, -0.15) is 4.98 Å². The van der Waals surface area contributed by atoms with E-state index in [0.717, 1.165) is 49.6 Å². The normalized spacial score (nSPS) is 15.8. The van der Waals surface area contributed by atoms with Crippen molar-refractivity contribution in [2.75, 3.05) is 44.2 Å². The first kappa shape index (κ1) is 25.0. The third-order valence-corrected chi connectivity index (χ3v) is 6.70. The zero-order chi connectivity index (χ0) is 25.3. The highest BCUT2D eigenvalue weighted by molar-refractivity contribution is 5.74. The summed E-state index contributed by atoms with van der Waals surface area (Å²) in [7, 11) is 1.58. The van der Waals surface area contributed by atoms with Crippen LogP contribution in [0.2, 0.25) is 0 Å². The molecule has 1 saturated heterocycles. The minimum atomic E-state index is -0.889. The lowest BCUT2D eigenvalue weighted by atomic mass is 10.0. The fourth-order valence-corrected chi connectivity index (χ4v) is 4.59. The molecule has 10 nitrogen and oxygen atoms in total. The van der Waals surface area contributed by atoms with Crippen LogP contribution in [-0.2, 0) is 13.6 Å². The number of ether oxygens (including phenoxy) is 1. The Labute approximate surface area is 204 Å². The van der Waals surface area contributed by atoms with E-state index in [2.05, 4.69) is 47.7 Å². The fraction of sp³-hybridized carbons (Fsp3) is 0.560. The molecule has 0 amide bonds. The Bertz CT molecular complexity index is 1300. The zero-order valence-electron chi connectivity index (χ0n) is 21.2. The summed E-state index contributed by atoms with van der Waals surface area (Å²) in [5.41, 5.74) is 1.72. The second-order valence-electron chi connectivity index (χ2n) is 9.60. The number of piperazine rings is 1. The number of rotatable bonds is 8. The summed E-state index contributed by atoms with van der Waals surface area (Å²) in [6.45, 7) is 12.8. The van der Waals surface area contributed by atoms with E-state index in [-0.39, 0.29) is 24.6 Å². The average molecular weight is 485 g/mol. The van der Waals surface area contributed by atoms with Crippen LogP contribution in [0.3, 0.4) is 0 Å². The van der Waals surface area contributed by atoms with Gasteiger partial charge in [-0.15, -0.1) is 0 Å². The predicted molar refractivity (Wildman–Crippen MR) is 137 cm³/mol.